The molecule has 0 saturated carbocycles. The molecular weight excluding hydrogens is 278 g/mol. The van der Waals surface area contributed by atoms with Crippen molar-refractivity contribution in [2.45, 2.75) is 0 Å². The molecule has 3 rings (SSSR count). The fourth-order valence-corrected chi connectivity index (χ4v) is 2.06. The summed E-state index contributed by atoms with van der Waals surface area (Å²) in [6, 6.07) is 14.8. The van der Waals surface area contributed by atoms with Gasteiger partial charge in [-0.05, 0) is 30.3 Å². The van der Waals surface area contributed by atoms with E-state index in [1.54, 1.807) is 24.3 Å². The highest BCUT2D eigenvalue weighted by atomic mass is 16.5. The topological polar surface area (TPSA) is 55.3 Å². The molecule has 0 spiro atoms. The number of anilines is 1. The maximum Gasteiger partial charge on any atom is 0.264 e. The number of benzene rings is 2. The summed E-state index contributed by atoms with van der Waals surface area (Å²) in [6.07, 6.45) is 3.27. The summed E-state index contributed by atoms with van der Waals surface area (Å²) in [4.78, 5) is 22.2. The Labute approximate surface area is 128 Å². The maximum absolute atomic E-state index is 12.2. The van der Waals surface area contributed by atoms with Gasteiger partial charge in [0.05, 0.1) is 11.0 Å². The molecule has 0 atom stereocenters. The highest BCUT2D eigenvalue weighted by molar-refractivity contribution is 5.95. The molecule has 0 aliphatic heterocycles. The van der Waals surface area contributed by atoms with Crippen LogP contribution in [0.2, 0.25) is 0 Å². The molecule has 22 heavy (non-hydrogen) atoms. The number of carbonyl (C=O) groups is 1. The maximum atomic E-state index is 12.2. The number of nitrogens with zero attached hydrogens (tertiary/aromatic N) is 3. The molecule has 0 radical (unpaired) electrons. The molecule has 3 aromatic rings. The number of carbonyl (C=O) groups excluding carboxylic acids is 1. The SMILES string of the molecule is CN(C(=O)COc1ccccc1)c1ccc2nccnc2c1. The first-order valence-electron chi connectivity index (χ1n) is 6.89. The second kappa shape index (κ2) is 6.22. The summed E-state index contributed by atoms with van der Waals surface area (Å²) in [5.74, 6) is 0.542. The second-order valence-corrected chi connectivity index (χ2v) is 4.78. The van der Waals surface area contributed by atoms with Crippen molar-refractivity contribution in [1.29, 1.82) is 0 Å². The van der Waals surface area contributed by atoms with Crippen molar-refractivity contribution in [3.63, 3.8) is 0 Å². The fraction of sp³-hybridized carbons (Fsp3) is 0.118. The first-order valence-corrected chi connectivity index (χ1v) is 6.89. The minimum absolute atomic E-state index is 0.0149. The zero-order chi connectivity index (χ0) is 15.4. The van der Waals surface area contributed by atoms with Crippen LogP contribution in [0.3, 0.4) is 0 Å². The zero-order valence-electron chi connectivity index (χ0n) is 12.1. The molecule has 5 nitrogen and oxygen atoms in total. The average molecular weight is 293 g/mol. The number of hydrogen-bond donors (Lipinski definition) is 0. The van der Waals surface area contributed by atoms with E-state index in [-0.39, 0.29) is 12.5 Å². The molecular formula is C17H15N3O2. The van der Waals surface area contributed by atoms with Gasteiger partial charge in [-0.1, -0.05) is 18.2 Å². The number of ether oxygens (including phenoxy) is 1. The van der Waals surface area contributed by atoms with Crippen molar-refractivity contribution in [1.82, 2.24) is 9.97 Å². The van der Waals surface area contributed by atoms with Gasteiger partial charge in [0.25, 0.3) is 5.91 Å². The van der Waals surface area contributed by atoms with Gasteiger partial charge < -0.3 is 9.64 Å². The van der Waals surface area contributed by atoms with E-state index >= 15 is 0 Å². The Bertz CT molecular complexity index is 790. The molecule has 0 bridgehead atoms. The van der Waals surface area contributed by atoms with Crippen LogP contribution in [0.15, 0.2) is 60.9 Å². The molecule has 5 heteroatoms. The average Bonchev–Trinajstić information content (AvgIpc) is 2.59. The molecule has 1 aromatic heterocycles. The molecule has 0 aliphatic carbocycles. The van der Waals surface area contributed by atoms with Crippen molar-refractivity contribution in [3.05, 3.63) is 60.9 Å². The van der Waals surface area contributed by atoms with E-state index < -0.39 is 0 Å². The van der Waals surface area contributed by atoms with Crippen LogP contribution in [0.4, 0.5) is 5.69 Å². The Morgan fingerprint density at radius 2 is 1.77 bits per heavy atom. The van der Waals surface area contributed by atoms with Gasteiger partial charge >= 0.3 is 0 Å². The largest absolute Gasteiger partial charge is 0.484 e. The van der Waals surface area contributed by atoms with Gasteiger partial charge in [-0.3, -0.25) is 14.8 Å². The summed E-state index contributed by atoms with van der Waals surface area (Å²) >= 11 is 0. The Morgan fingerprint density at radius 1 is 1.05 bits per heavy atom. The fourth-order valence-electron chi connectivity index (χ4n) is 2.06. The first-order chi connectivity index (χ1) is 10.7. The van der Waals surface area contributed by atoms with Crippen molar-refractivity contribution in [3.8, 4) is 5.75 Å². The van der Waals surface area contributed by atoms with Crippen LogP contribution in [0.25, 0.3) is 11.0 Å². The summed E-state index contributed by atoms with van der Waals surface area (Å²) in [5, 5.41) is 0. The Kier molecular flexibility index (Phi) is 3.96. The molecule has 1 amide bonds. The van der Waals surface area contributed by atoms with Gasteiger partial charge in [0, 0.05) is 25.1 Å². The lowest BCUT2D eigenvalue weighted by molar-refractivity contribution is -0.120. The van der Waals surface area contributed by atoms with E-state index in [1.807, 2.05) is 48.5 Å². The first kappa shape index (κ1) is 14.0. The molecule has 2 aromatic carbocycles. The van der Waals surface area contributed by atoms with Crippen LogP contribution in [0, 0.1) is 0 Å². The molecule has 0 N–H and O–H groups in total. The van der Waals surface area contributed by atoms with Gasteiger partial charge in [-0.15, -0.1) is 0 Å². The predicted molar refractivity (Wildman–Crippen MR) is 84.9 cm³/mol. The van der Waals surface area contributed by atoms with Gasteiger partial charge in [-0.25, -0.2) is 0 Å². The summed E-state index contributed by atoms with van der Waals surface area (Å²) in [7, 11) is 1.72. The smallest absolute Gasteiger partial charge is 0.264 e. The minimum Gasteiger partial charge on any atom is -0.484 e. The van der Waals surface area contributed by atoms with Gasteiger partial charge in [0.2, 0.25) is 0 Å². The van der Waals surface area contributed by atoms with Gasteiger partial charge in [0.1, 0.15) is 5.75 Å². The van der Waals surface area contributed by atoms with Crippen LogP contribution >= 0.6 is 0 Å². The zero-order valence-corrected chi connectivity index (χ0v) is 12.1. The van der Waals surface area contributed by atoms with Crippen molar-refractivity contribution >= 4 is 22.6 Å². The van der Waals surface area contributed by atoms with Crippen LogP contribution < -0.4 is 9.64 Å². The van der Waals surface area contributed by atoms with Crippen LogP contribution in [-0.2, 0) is 4.79 Å². The second-order valence-electron chi connectivity index (χ2n) is 4.78. The Balaban J connectivity index is 1.71. The third-order valence-corrected chi connectivity index (χ3v) is 3.32. The highest BCUT2D eigenvalue weighted by Gasteiger charge is 2.12. The molecule has 1 heterocycles. The minimum atomic E-state index is -0.132. The van der Waals surface area contributed by atoms with Crippen molar-refractivity contribution < 1.29 is 9.53 Å². The third kappa shape index (κ3) is 3.03. The highest BCUT2D eigenvalue weighted by Crippen LogP contribution is 2.18. The van der Waals surface area contributed by atoms with Gasteiger partial charge in [-0.2, -0.15) is 0 Å². The molecule has 0 saturated heterocycles. The number of amides is 1. The number of fused-ring (bicyclic) bond motifs is 1. The quantitative estimate of drug-likeness (QED) is 0.742. The molecule has 0 unspecified atom stereocenters. The molecule has 0 aliphatic rings. The number of aromatic nitrogens is 2. The monoisotopic (exact) mass is 293 g/mol. The number of likely N-dealkylation sites (N-methyl/N-ethyl adjacent to an activating group) is 1. The Hall–Kier alpha value is -2.95. The van der Waals surface area contributed by atoms with E-state index in [4.69, 9.17) is 4.74 Å². The lowest BCUT2D eigenvalue weighted by atomic mass is 10.2. The summed E-state index contributed by atoms with van der Waals surface area (Å²) in [6.45, 7) is -0.0149. The lowest BCUT2D eigenvalue weighted by Crippen LogP contribution is -2.31. The van der Waals surface area contributed by atoms with Crippen LogP contribution in [-0.4, -0.2) is 29.5 Å². The van der Waals surface area contributed by atoms with Crippen LogP contribution in [0.1, 0.15) is 0 Å². The number of hydrogen-bond acceptors (Lipinski definition) is 4. The van der Waals surface area contributed by atoms with Crippen molar-refractivity contribution in [2.75, 3.05) is 18.6 Å². The number of para-hydroxylation sites is 1. The third-order valence-electron chi connectivity index (χ3n) is 3.32. The van der Waals surface area contributed by atoms with Crippen molar-refractivity contribution in [2.24, 2.45) is 0 Å². The van der Waals surface area contributed by atoms with E-state index in [9.17, 15) is 4.79 Å². The summed E-state index contributed by atoms with van der Waals surface area (Å²) in [5.41, 5.74) is 2.31. The van der Waals surface area contributed by atoms with E-state index in [1.165, 1.54) is 0 Å². The van der Waals surface area contributed by atoms with E-state index in [0.29, 0.717) is 5.75 Å². The Morgan fingerprint density at radius 3 is 2.55 bits per heavy atom. The number of rotatable bonds is 4. The normalized spacial score (nSPS) is 10.4. The predicted octanol–water partition coefficient (Wildman–Crippen LogP) is 2.67. The standard InChI is InChI=1S/C17H15N3O2/c1-20(17(21)12-22-14-5-3-2-4-6-14)13-7-8-15-16(11-13)19-10-9-18-15/h2-11H,12H2,1H3. The van der Waals surface area contributed by atoms with Crippen LogP contribution in [0.5, 0.6) is 5.75 Å². The lowest BCUT2D eigenvalue weighted by Gasteiger charge is -2.18. The van der Waals surface area contributed by atoms with E-state index in [2.05, 4.69) is 9.97 Å². The van der Waals surface area contributed by atoms with E-state index in [0.717, 1.165) is 16.7 Å². The van der Waals surface area contributed by atoms with Gasteiger partial charge in [0.15, 0.2) is 6.61 Å². The molecule has 0 fully saturated rings. The molecule has 110 valence electrons. The summed E-state index contributed by atoms with van der Waals surface area (Å²) < 4.78 is 5.48.